The molecule has 0 atom stereocenters. The van der Waals surface area contributed by atoms with Gasteiger partial charge in [-0.15, -0.1) is 0 Å². The van der Waals surface area contributed by atoms with E-state index in [1.807, 2.05) is 30.3 Å². The van der Waals surface area contributed by atoms with Crippen molar-refractivity contribution < 1.29 is 14.3 Å². The fourth-order valence-electron chi connectivity index (χ4n) is 1.60. The van der Waals surface area contributed by atoms with E-state index in [9.17, 15) is 4.79 Å². The van der Waals surface area contributed by atoms with Gasteiger partial charge in [0.05, 0.1) is 12.5 Å². The van der Waals surface area contributed by atoms with Crippen LogP contribution < -0.4 is 0 Å². The molecule has 0 unspecified atom stereocenters. The van der Waals surface area contributed by atoms with Crippen LogP contribution in [0.3, 0.4) is 0 Å². The highest BCUT2D eigenvalue weighted by atomic mass is 16.7. The van der Waals surface area contributed by atoms with E-state index in [0.29, 0.717) is 6.61 Å². The van der Waals surface area contributed by atoms with Crippen LogP contribution in [-0.2, 0) is 20.9 Å². The van der Waals surface area contributed by atoms with Crippen LogP contribution in [0.15, 0.2) is 30.3 Å². The number of esters is 1. The Morgan fingerprint density at radius 1 is 1.25 bits per heavy atom. The smallest absolute Gasteiger partial charge is 0.311 e. The largest absolute Gasteiger partial charge is 0.438 e. The molecule has 3 heteroatoms. The number of hydrogen-bond acceptors (Lipinski definition) is 3. The van der Waals surface area contributed by atoms with E-state index in [0.717, 1.165) is 24.8 Å². The molecular formula is C13H16O3. The maximum atomic E-state index is 11.3. The molecule has 1 aliphatic carbocycles. The Morgan fingerprint density at radius 3 is 2.62 bits per heavy atom. The molecular weight excluding hydrogens is 204 g/mol. The van der Waals surface area contributed by atoms with Crippen LogP contribution in [0, 0.1) is 5.92 Å². The molecule has 0 aromatic heterocycles. The number of ether oxygens (including phenoxy) is 2. The minimum absolute atomic E-state index is 0.0597. The summed E-state index contributed by atoms with van der Waals surface area (Å²) in [6.07, 6.45) is 3.08. The third kappa shape index (κ3) is 3.07. The van der Waals surface area contributed by atoms with E-state index >= 15 is 0 Å². The molecule has 1 aromatic rings. The fourth-order valence-corrected chi connectivity index (χ4v) is 1.60. The highest BCUT2D eigenvalue weighted by Gasteiger charge is 2.26. The summed E-state index contributed by atoms with van der Waals surface area (Å²) in [5.41, 5.74) is 1.09. The molecule has 2 rings (SSSR count). The highest BCUT2D eigenvalue weighted by Crippen LogP contribution is 2.27. The number of carbonyl (C=O) groups is 1. The molecule has 0 aliphatic heterocycles. The third-order valence-corrected chi connectivity index (χ3v) is 2.83. The number of carbonyl (C=O) groups excluding carboxylic acids is 1. The number of rotatable bonds is 5. The zero-order chi connectivity index (χ0) is 11.2. The van der Waals surface area contributed by atoms with Crippen molar-refractivity contribution in [3.8, 4) is 0 Å². The topological polar surface area (TPSA) is 35.5 Å². The van der Waals surface area contributed by atoms with Crippen LogP contribution in [0.2, 0.25) is 0 Å². The Hall–Kier alpha value is -1.35. The third-order valence-electron chi connectivity index (χ3n) is 2.83. The average Bonchev–Trinajstić information content (AvgIpc) is 2.23. The van der Waals surface area contributed by atoms with Gasteiger partial charge in [0.25, 0.3) is 0 Å². The summed E-state index contributed by atoms with van der Waals surface area (Å²) in [6.45, 7) is 0.545. The van der Waals surface area contributed by atoms with Crippen LogP contribution >= 0.6 is 0 Å². The lowest BCUT2D eigenvalue weighted by atomic mass is 9.86. The molecule has 3 nitrogen and oxygen atoms in total. The summed E-state index contributed by atoms with van der Waals surface area (Å²) < 4.78 is 10.3. The van der Waals surface area contributed by atoms with Crippen molar-refractivity contribution >= 4 is 5.97 Å². The van der Waals surface area contributed by atoms with Gasteiger partial charge in [0.1, 0.15) is 0 Å². The molecule has 0 heterocycles. The van der Waals surface area contributed by atoms with Gasteiger partial charge < -0.3 is 9.47 Å². The Labute approximate surface area is 95.4 Å². The standard InChI is InChI=1S/C13H16O3/c14-13(12-7-4-8-12)16-10-15-9-11-5-2-1-3-6-11/h1-3,5-6,12H,4,7-10H2. The quantitative estimate of drug-likeness (QED) is 0.434. The van der Waals surface area contributed by atoms with Gasteiger partial charge in [-0.1, -0.05) is 36.8 Å². The zero-order valence-corrected chi connectivity index (χ0v) is 9.22. The van der Waals surface area contributed by atoms with Gasteiger partial charge in [0.2, 0.25) is 0 Å². The van der Waals surface area contributed by atoms with Crippen molar-refractivity contribution in [2.75, 3.05) is 6.79 Å². The number of hydrogen-bond donors (Lipinski definition) is 0. The van der Waals surface area contributed by atoms with E-state index in [1.54, 1.807) is 0 Å². The van der Waals surface area contributed by atoms with Crippen molar-refractivity contribution in [2.45, 2.75) is 25.9 Å². The average molecular weight is 220 g/mol. The molecule has 0 spiro atoms. The molecule has 0 bridgehead atoms. The molecule has 1 aliphatic rings. The van der Waals surface area contributed by atoms with Gasteiger partial charge in [-0.3, -0.25) is 4.79 Å². The summed E-state index contributed by atoms with van der Waals surface area (Å²) >= 11 is 0. The van der Waals surface area contributed by atoms with Crippen molar-refractivity contribution in [1.29, 1.82) is 0 Å². The summed E-state index contributed by atoms with van der Waals surface area (Å²) in [6, 6.07) is 9.83. The molecule has 16 heavy (non-hydrogen) atoms. The summed E-state index contributed by atoms with van der Waals surface area (Å²) in [5, 5.41) is 0. The van der Waals surface area contributed by atoms with Gasteiger partial charge in [0, 0.05) is 0 Å². The minimum atomic E-state index is -0.112. The van der Waals surface area contributed by atoms with E-state index in [2.05, 4.69) is 0 Å². The van der Waals surface area contributed by atoms with Gasteiger partial charge in [-0.2, -0.15) is 0 Å². The van der Waals surface area contributed by atoms with E-state index in [4.69, 9.17) is 9.47 Å². The SMILES string of the molecule is O=C(OCOCc1ccccc1)C1CCC1. The predicted octanol–water partition coefficient (Wildman–Crippen LogP) is 2.50. The van der Waals surface area contributed by atoms with Crippen LogP contribution in [0.4, 0.5) is 0 Å². The Bertz CT molecular complexity index is 330. The van der Waals surface area contributed by atoms with Crippen molar-refractivity contribution in [3.05, 3.63) is 35.9 Å². The molecule has 0 radical (unpaired) electrons. The molecule has 1 aromatic carbocycles. The van der Waals surface area contributed by atoms with Crippen LogP contribution in [0.5, 0.6) is 0 Å². The predicted molar refractivity (Wildman–Crippen MR) is 59.5 cm³/mol. The van der Waals surface area contributed by atoms with E-state index in [1.165, 1.54) is 0 Å². The maximum absolute atomic E-state index is 11.3. The Kier molecular flexibility index (Phi) is 3.94. The molecule has 86 valence electrons. The Morgan fingerprint density at radius 2 is 2.00 bits per heavy atom. The van der Waals surface area contributed by atoms with Crippen molar-refractivity contribution in [3.63, 3.8) is 0 Å². The Balaban J connectivity index is 1.60. The first kappa shape index (κ1) is 11.1. The van der Waals surface area contributed by atoms with E-state index in [-0.39, 0.29) is 18.7 Å². The zero-order valence-electron chi connectivity index (χ0n) is 9.22. The van der Waals surface area contributed by atoms with Gasteiger partial charge >= 0.3 is 5.97 Å². The maximum Gasteiger partial charge on any atom is 0.311 e. The van der Waals surface area contributed by atoms with Crippen LogP contribution in [0.25, 0.3) is 0 Å². The second-order valence-electron chi connectivity index (χ2n) is 4.04. The monoisotopic (exact) mass is 220 g/mol. The lowest BCUT2D eigenvalue weighted by molar-refractivity contribution is -0.165. The summed E-state index contributed by atoms with van der Waals surface area (Å²) in [7, 11) is 0. The summed E-state index contributed by atoms with van der Waals surface area (Å²) in [5.74, 6) is 0.0136. The highest BCUT2D eigenvalue weighted by molar-refractivity contribution is 5.73. The first-order valence-corrected chi connectivity index (χ1v) is 5.64. The first-order valence-electron chi connectivity index (χ1n) is 5.64. The summed E-state index contributed by atoms with van der Waals surface area (Å²) in [4.78, 5) is 11.3. The second-order valence-corrected chi connectivity index (χ2v) is 4.04. The van der Waals surface area contributed by atoms with Crippen LogP contribution in [-0.4, -0.2) is 12.8 Å². The number of benzene rings is 1. The van der Waals surface area contributed by atoms with Gasteiger partial charge in [0.15, 0.2) is 6.79 Å². The molecule has 1 fully saturated rings. The lowest BCUT2D eigenvalue weighted by Crippen LogP contribution is -2.24. The molecule has 0 amide bonds. The molecule has 0 N–H and O–H groups in total. The molecule has 1 saturated carbocycles. The van der Waals surface area contributed by atoms with Crippen molar-refractivity contribution in [1.82, 2.24) is 0 Å². The molecule has 0 saturated heterocycles. The first-order chi connectivity index (χ1) is 7.86. The van der Waals surface area contributed by atoms with Crippen LogP contribution in [0.1, 0.15) is 24.8 Å². The normalized spacial score (nSPS) is 15.5. The minimum Gasteiger partial charge on any atom is -0.438 e. The van der Waals surface area contributed by atoms with Gasteiger partial charge in [-0.25, -0.2) is 0 Å². The second kappa shape index (κ2) is 5.66. The van der Waals surface area contributed by atoms with Gasteiger partial charge in [-0.05, 0) is 18.4 Å². The fraction of sp³-hybridized carbons (Fsp3) is 0.462. The lowest BCUT2D eigenvalue weighted by Gasteiger charge is -2.22. The van der Waals surface area contributed by atoms with E-state index < -0.39 is 0 Å². The van der Waals surface area contributed by atoms with Crippen molar-refractivity contribution in [2.24, 2.45) is 5.92 Å².